The van der Waals surface area contributed by atoms with Crippen LogP contribution in [0.15, 0.2) is 28.8 Å². The molecule has 1 heterocycles. The Balaban J connectivity index is 2.11. The molecule has 0 aliphatic rings. The van der Waals surface area contributed by atoms with Gasteiger partial charge in [-0.3, -0.25) is 0 Å². The number of methoxy groups -OCH3 is 1. The van der Waals surface area contributed by atoms with Crippen molar-refractivity contribution in [3.8, 4) is 0 Å². The molecule has 1 unspecified atom stereocenters. The molecule has 2 rings (SSSR count). The molecule has 21 heavy (non-hydrogen) atoms. The average Bonchev–Trinajstić information content (AvgIpc) is 2.93. The first-order valence-electron chi connectivity index (χ1n) is 6.21. The molecule has 1 aromatic heterocycles. The standard InChI is InChI=1S/C14H14N2O5/c1-8(12-15-9(2)16-21-12)20-14(18)11-6-4-5-10(7-11)13(17)19-3/h4-8H,1-3H3. The number of rotatable bonds is 4. The van der Waals surface area contributed by atoms with Crippen molar-refractivity contribution in [2.45, 2.75) is 20.0 Å². The average molecular weight is 290 g/mol. The van der Waals surface area contributed by atoms with Gasteiger partial charge in [0, 0.05) is 0 Å². The number of benzene rings is 1. The minimum absolute atomic E-state index is 0.213. The number of esters is 2. The van der Waals surface area contributed by atoms with Crippen LogP contribution >= 0.6 is 0 Å². The maximum atomic E-state index is 12.0. The van der Waals surface area contributed by atoms with Crippen LogP contribution in [0.2, 0.25) is 0 Å². The number of aryl methyl sites for hydroxylation is 1. The quantitative estimate of drug-likeness (QED) is 0.796. The van der Waals surface area contributed by atoms with Gasteiger partial charge >= 0.3 is 11.9 Å². The van der Waals surface area contributed by atoms with Gasteiger partial charge in [0.1, 0.15) is 0 Å². The Morgan fingerprint density at radius 3 is 2.48 bits per heavy atom. The normalized spacial score (nSPS) is 11.8. The van der Waals surface area contributed by atoms with E-state index >= 15 is 0 Å². The monoisotopic (exact) mass is 290 g/mol. The molecular formula is C14H14N2O5. The second-order valence-corrected chi connectivity index (χ2v) is 4.30. The smallest absolute Gasteiger partial charge is 0.338 e. The third-order valence-electron chi connectivity index (χ3n) is 2.69. The van der Waals surface area contributed by atoms with E-state index in [1.54, 1.807) is 32.0 Å². The summed E-state index contributed by atoms with van der Waals surface area (Å²) in [5.74, 6) is -0.445. The predicted octanol–water partition coefficient (Wildman–Crippen LogP) is 2.08. The van der Waals surface area contributed by atoms with Gasteiger partial charge in [0.15, 0.2) is 11.9 Å². The Bertz CT molecular complexity index is 665. The summed E-state index contributed by atoms with van der Waals surface area (Å²) in [5.41, 5.74) is 0.509. The first-order chi connectivity index (χ1) is 10.0. The van der Waals surface area contributed by atoms with E-state index in [0.717, 1.165) is 0 Å². The number of ether oxygens (including phenoxy) is 2. The van der Waals surface area contributed by atoms with E-state index in [1.807, 2.05) is 0 Å². The van der Waals surface area contributed by atoms with Crippen molar-refractivity contribution in [1.82, 2.24) is 10.1 Å². The molecule has 0 N–H and O–H groups in total. The van der Waals surface area contributed by atoms with Crippen LogP contribution in [0.4, 0.5) is 0 Å². The lowest BCUT2D eigenvalue weighted by molar-refractivity contribution is 0.0265. The number of carbonyl (C=O) groups excluding carboxylic acids is 2. The fourth-order valence-corrected chi connectivity index (χ4v) is 1.65. The van der Waals surface area contributed by atoms with Crippen molar-refractivity contribution in [3.05, 3.63) is 47.1 Å². The highest BCUT2D eigenvalue weighted by Gasteiger charge is 2.19. The summed E-state index contributed by atoms with van der Waals surface area (Å²) in [6.07, 6.45) is -0.680. The van der Waals surface area contributed by atoms with Gasteiger partial charge in [-0.05, 0) is 32.0 Å². The van der Waals surface area contributed by atoms with Gasteiger partial charge in [0.05, 0.1) is 18.2 Å². The SMILES string of the molecule is COC(=O)c1cccc(C(=O)OC(C)c2nc(C)no2)c1. The third kappa shape index (κ3) is 3.44. The van der Waals surface area contributed by atoms with Crippen molar-refractivity contribution < 1.29 is 23.6 Å². The van der Waals surface area contributed by atoms with Gasteiger partial charge in [-0.25, -0.2) is 9.59 Å². The van der Waals surface area contributed by atoms with Gasteiger partial charge in [0.2, 0.25) is 0 Å². The Hall–Kier alpha value is -2.70. The largest absolute Gasteiger partial charge is 0.465 e. The van der Waals surface area contributed by atoms with Crippen molar-refractivity contribution in [2.24, 2.45) is 0 Å². The predicted molar refractivity (Wildman–Crippen MR) is 70.6 cm³/mol. The van der Waals surface area contributed by atoms with E-state index in [0.29, 0.717) is 5.82 Å². The fourth-order valence-electron chi connectivity index (χ4n) is 1.65. The summed E-state index contributed by atoms with van der Waals surface area (Å²) >= 11 is 0. The summed E-state index contributed by atoms with van der Waals surface area (Å²) < 4.78 is 14.7. The molecule has 0 saturated heterocycles. The van der Waals surface area contributed by atoms with Crippen molar-refractivity contribution >= 4 is 11.9 Å². The lowest BCUT2D eigenvalue weighted by Gasteiger charge is -2.09. The first kappa shape index (κ1) is 14.7. The maximum absolute atomic E-state index is 12.0. The Morgan fingerprint density at radius 1 is 1.24 bits per heavy atom. The number of hydrogen-bond acceptors (Lipinski definition) is 7. The van der Waals surface area contributed by atoms with Crippen LogP contribution in [0.5, 0.6) is 0 Å². The minimum atomic E-state index is -0.680. The molecule has 110 valence electrons. The van der Waals surface area contributed by atoms with Gasteiger partial charge in [-0.2, -0.15) is 4.98 Å². The molecule has 0 saturated carbocycles. The second-order valence-electron chi connectivity index (χ2n) is 4.30. The third-order valence-corrected chi connectivity index (χ3v) is 2.69. The maximum Gasteiger partial charge on any atom is 0.338 e. The van der Waals surface area contributed by atoms with Crippen LogP contribution in [0.25, 0.3) is 0 Å². The van der Waals surface area contributed by atoms with E-state index < -0.39 is 18.0 Å². The lowest BCUT2D eigenvalue weighted by atomic mass is 10.1. The molecule has 0 bridgehead atoms. The van der Waals surface area contributed by atoms with Gasteiger partial charge < -0.3 is 14.0 Å². The zero-order chi connectivity index (χ0) is 15.4. The Kier molecular flexibility index (Phi) is 4.32. The van der Waals surface area contributed by atoms with E-state index in [2.05, 4.69) is 14.9 Å². The van der Waals surface area contributed by atoms with Crippen molar-refractivity contribution in [3.63, 3.8) is 0 Å². The first-order valence-corrected chi connectivity index (χ1v) is 6.21. The van der Waals surface area contributed by atoms with Crippen LogP contribution in [0.1, 0.15) is 45.5 Å². The number of aromatic nitrogens is 2. The molecule has 2 aromatic rings. The second kappa shape index (κ2) is 6.17. The molecule has 0 amide bonds. The molecule has 0 spiro atoms. The van der Waals surface area contributed by atoms with E-state index in [9.17, 15) is 9.59 Å². The van der Waals surface area contributed by atoms with Crippen LogP contribution in [0.3, 0.4) is 0 Å². The molecule has 0 fully saturated rings. The van der Waals surface area contributed by atoms with Crippen molar-refractivity contribution in [1.29, 1.82) is 0 Å². The summed E-state index contributed by atoms with van der Waals surface area (Å²) in [6.45, 7) is 3.29. The van der Waals surface area contributed by atoms with E-state index in [-0.39, 0.29) is 17.0 Å². The minimum Gasteiger partial charge on any atom is -0.465 e. The molecular weight excluding hydrogens is 276 g/mol. The summed E-state index contributed by atoms with van der Waals surface area (Å²) in [5, 5.41) is 3.63. The highest BCUT2D eigenvalue weighted by molar-refractivity contribution is 5.95. The van der Waals surface area contributed by atoms with E-state index in [4.69, 9.17) is 9.26 Å². The lowest BCUT2D eigenvalue weighted by Crippen LogP contribution is -2.11. The topological polar surface area (TPSA) is 91.5 Å². The number of hydrogen-bond donors (Lipinski definition) is 0. The molecule has 7 heteroatoms. The molecule has 0 radical (unpaired) electrons. The molecule has 1 atom stereocenters. The molecule has 0 aliphatic carbocycles. The highest BCUT2D eigenvalue weighted by atomic mass is 16.6. The van der Waals surface area contributed by atoms with Gasteiger partial charge in [-0.1, -0.05) is 11.2 Å². The summed E-state index contributed by atoms with van der Waals surface area (Å²) in [7, 11) is 1.27. The van der Waals surface area contributed by atoms with Crippen molar-refractivity contribution in [2.75, 3.05) is 7.11 Å². The molecule has 7 nitrogen and oxygen atoms in total. The fraction of sp³-hybridized carbons (Fsp3) is 0.286. The zero-order valence-electron chi connectivity index (χ0n) is 11.8. The number of carbonyl (C=O) groups is 2. The Labute approximate surface area is 120 Å². The molecule has 1 aromatic carbocycles. The highest BCUT2D eigenvalue weighted by Crippen LogP contribution is 2.17. The molecule has 0 aliphatic heterocycles. The van der Waals surface area contributed by atoms with E-state index in [1.165, 1.54) is 13.2 Å². The van der Waals surface area contributed by atoms with Gasteiger partial charge in [-0.15, -0.1) is 0 Å². The van der Waals surface area contributed by atoms with Gasteiger partial charge in [0.25, 0.3) is 5.89 Å². The Morgan fingerprint density at radius 2 is 1.90 bits per heavy atom. The number of nitrogens with zero attached hydrogens (tertiary/aromatic N) is 2. The van der Waals surface area contributed by atoms with Crippen LogP contribution < -0.4 is 0 Å². The zero-order valence-corrected chi connectivity index (χ0v) is 11.8. The summed E-state index contributed by atoms with van der Waals surface area (Å²) in [6, 6.07) is 6.07. The summed E-state index contributed by atoms with van der Waals surface area (Å²) in [4.78, 5) is 27.4. The van der Waals surface area contributed by atoms with Crippen LogP contribution in [-0.4, -0.2) is 29.2 Å². The van der Waals surface area contributed by atoms with Crippen LogP contribution in [0, 0.1) is 6.92 Å². The van der Waals surface area contributed by atoms with Crippen LogP contribution in [-0.2, 0) is 9.47 Å².